The molecule has 7 nitrogen and oxygen atoms in total. The summed E-state index contributed by atoms with van der Waals surface area (Å²) >= 11 is 0. The average Bonchev–Trinajstić information content (AvgIpc) is 3.44. The molecule has 0 radical (unpaired) electrons. The van der Waals surface area contributed by atoms with Gasteiger partial charge in [-0.3, -0.25) is 14.4 Å². The standard InChI is InChI=1S/C28H24F3N3O4/c29-17-10-21(30)19(22(31)11-17)12-32-26(36)20-13-33-15-28-8-6-18(7-9-28)34(28)27(37)23(33)25(24(20)35)38-14-16-4-2-1-3-5-16/h1-5,10-11,13,18H,6-9,12,14-15H2,(H,32,36). The molecule has 6 rings (SSSR count). The smallest absolute Gasteiger partial charge is 0.275 e. The molecule has 1 N–H and O–H groups in total. The summed E-state index contributed by atoms with van der Waals surface area (Å²) in [5, 5.41) is 2.35. The van der Waals surface area contributed by atoms with E-state index in [4.69, 9.17) is 4.74 Å². The SMILES string of the molecule is O=C(NCc1c(F)cc(F)cc1F)c1cn2c(c(OCc3ccccc3)c1=O)C(=O)N1C3CCC1(CC3)C2. The molecular weight excluding hydrogens is 499 g/mol. The number of pyridine rings is 1. The summed E-state index contributed by atoms with van der Waals surface area (Å²) < 4.78 is 49.0. The number of amides is 2. The van der Waals surface area contributed by atoms with Gasteiger partial charge in [0, 0.05) is 43.0 Å². The van der Waals surface area contributed by atoms with E-state index < -0.39 is 40.9 Å². The van der Waals surface area contributed by atoms with Crippen LogP contribution in [0.3, 0.4) is 0 Å². The Bertz CT molecular complexity index is 1490. The molecule has 10 heteroatoms. The number of fused-ring (bicyclic) bond motifs is 1. The second-order valence-corrected chi connectivity index (χ2v) is 10.1. The van der Waals surface area contributed by atoms with Gasteiger partial charge in [-0.05, 0) is 31.2 Å². The van der Waals surface area contributed by atoms with Crippen LogP contribution in [0, 0.1) is 17.5 Å². The molecule has 38 heavy (non-hydrogen) atoms. The van der Waals surface area contributed by atoms with Crippen LogP contribution in [0.25, 0.3) is 0 Å². The Kier molecular flexibility index (Phi) is 5.77. The van der Waals surface area contributed by atoms with Gasteiger partial charge in [-0.1, -0.05) is 30.3 Å². The number of hydrogen-bond donors (Lipinski definition) is 1. The fraction of sp³-hybridized carbons (Fsp3) is 0.321. The Labute approximate surface area is 215 Å². The second-order valence-electron chi connectivity index (χ2n) is 10.1. The number of nitrogens with zero attached hydrogens (tertiary/aromatic N) is 2. The van der Waals surface area contributed by atoms with Gasteiger partial charge in [-0.25, -0.2) is 13.2 Å². The predicted molar refractivity (Wildman–Crippen MR) is 130 cm³/mol. The topological polar surface area (TPSA) is 80.6 Å². The van der Waals surface area contributed by atoms with Gasteiger partial charge in [-0.2, -0.15) is 0 Å². The van der Waals surface area contributed by atoms with Crippen molar-refractivity contribution in [3.8, 4) is 5.75 Å². The maximum Gasteiger partial charge on any atom is 0.275 e. The zero-order valence-electron chi connectivity index (χ0n) is 20.3. The summed E-state index contributed by atoms with van der Waals surface area (Å²) in [5.74, 6) is -4.80. The number of rotatable bonds is 6. The highest BCUT2D eigenvalue weighted by Crippen LogP contribution is 2.50. The van der Waals surface area contributed by atoms with E-state index in [9.17, 15) is 27.6 Å². The van der Waals surface area contributed by atoms with Crippen molar-refractivity contribution in [2.45, 2.75) is 57.0 Å². The van der Waals surface area contributed by atoms with E-state index in [1.165, 1.54) is 6.20 Å². The van der Waals surface area contributed by atoms with Gasteiger partial charge in [0.2, 0.25) is 5.43 Å². The van der Waals surface area contributed by atoms with Crippen molar-refractivity contribution >= 4 is 11.8 Å². The summed E-state index contributed by atoms with van der Waals surface area (Å²) in [6.07, 6.45) is 4.76. The Balaban J connectivity index is 1.37. The highest BCUT2D eigenvalue weighted by molar-refractivity contribution is 6.00. The van der Waals surface area contributed by atoms with Gasteiger partial charge >= 0.3 is 0 Å². The van der Waals surface area contributed by atoms with Crippen LogP contribution in [0.1, 0.15) is 57.7 Å². The lowest BCUT2D eigenvalue weighted by atomic mass is 9.86. The zero-order chi connectivity index (χ0) is 26.6. The van der Waals surface area contributed by atoms with Crippen LogP contribution in [-0.4, -0.2) is 32.9 Å². The summed E-state index contributed by atoms with van der Waals surface area (Å²) in [6.45, 7) is -0.188. The van der Waals surface area contributed by atoms with Gasteiger partial charge in [0.1, 0.15) is 29.6 Å². The van der Waals surface area contributed by atoms with Crippen molar-refractivity contribution in [2.24, 2.45) is 0 Å². The Morgan fingerprint density at radius 3 is 2.42 bits per heavy atom. The van der Waals surface area contributed by atoms with Crippen molar-refractivity contribution in [2.75, 3.05) is 0 Å². The number of carbonyl (C=O) groups excluding carboxylic acids is 2. The second kappa shape index (κ2) is 9.04. The minimum atomic E-state index is -1.15. The van der Waals surface area contributed by atoms with E-state index in [1.54, 1.807) is 4.57 Å². The molecule has 0 aliphatic carbocycles. The minimum Gasteiger partial charge on any atom is -0.483 e. The van der Waals surface area contributed by atoms with Crippen LogP contribution in [0.4, 0.5) is 13.2 Å². The number of halogens is 3. The summed E-state index contributed by atoms with van der Waals surface area (Å²) in [6, 6.07) is 10.2. The number of aromatic nitrogens is 1. The number of nitrogens with one attached hydrogen (secondary N) is 1. The van der Waals surface area contributed by atoms with E-state index in [0.29, 0.717) is 18.7 Å². The molecule has 3 aromatic rings. The number of carbonyl (C=O) groups is 2. The Morgan fingerprint density at radius 1 is 1.05 bits per heavy atom. The summed E-state index contributed by atoms with van der Waals surface area (Å²) in [5.41, 5.74) is -1.14. The highest BCUT2D eigenvalue weighted by Gasteiger charge is 2.57. The van der Waals surface area contributed by atoms with Crippen LogP contribution >= 0.6 is 0 Å². The summed E-state index contributed by atoms with van der Waals surface area (Å²) in [7, 11) is 0. The monoisotopic (exact) mass is 523 g/mol. The van der Waals surface area contributed by atoms with Gasteiger partial charge < -0.3 is 19.5 Å². The quantitative estimate of drug-likeness (QED) is 0.531. The Hall–Kier alpha value is -4.08. The average molecular weight is 524 g/mol. The first-order chi connectivity index (χ1) is 18.3. The molecule has 2 saturated heterocycles. The van der Waals surface area contributed by atoms with E-state index >= 15 is 0 Å². The van der Waals surface area contributed by atoms with Crippen LogP contribution in [0.15, 0.2) is 53.5 Å². The van der Waals surface area contributed by atoms with Gasteiger partial charge in [0.05, 0.1) is 5.54 Å². The molecule has 2 bridgehead atoms. The fourth-order valence-electron chi connectivity index (χ4n) is 6.09. The lowest BCUT2D eigenvalue weighted by Crippen LogP contribution is -2.53. The molecule has 0 saturated carbocycles. The number of hydrogen-bond acceptors (Lipinski definition) is 4. The van der Waals surface area contributed by atoms with Crippen LogP contribution in [-0.2, 0) is 19.7 Å². The van der Waals surface area contributed by atoms with Crippen molar-refractivity contribution in [3.05, 3.63) is 98.7 Å². The third kappa shape index (κ3) is 3.86. The molecule has 1 aromatic heterocycles. The van der Waals surface area contributed by atoms with Crippen molar-refractivity contribution < 1.29 is 27.5 Å². The third-order valence-electron chi connectivity index (χ3n) is 7.89. The minimum absolute atomic E-state index is 0.00199. The fourth-order valence-corrected chi connectivity index (χ4v) is 6.09. The van der Waals surface area contributed by atoms with Crippen LogP contribution in [0.2, 0.25) is 0 Å². The predicted octanol–water partition coefficient (Wildman–Crippen LogP) is 3.93. The first-order valence-corrected chi connectivity index (χ1v) is 12.5. The molecular formula is C28H24F3N3O4. The molecule has 4 heterocycles. The molecule has 2 fully saturated rings. The molecule has 196 valence electrons. The molecule has 2 aromatic carbocycles. The lowest BCUT2D eigenvalue weighted by molar-refractivity contribution is 0.0487. The van der Waals surface area contributed by atoms with Gasteiger partial charge in [-0.15, -0.1) is 0 Å². The van der Waals surface area contributed by atoms with Crippen LogP contribution < -0.4 is 15.5 Å². The van der Waals surface area contributed by atoms with Crippen molar-refractivity contribution in [1.29, 1.82) is 0 Å². The van der Waals surface area contributed by atoms with E-state index in [2.05, 4.69) is 5.32 Å². The summed E-state index contributed by atoms with van der Waals surface area (Å²) in [4.78, 5) is 42.2. The molecule has 3 aliphatic heterocycles. The van der Waals surface area contributed by atoms with E-state index in [-0.39, 0.29) is 41.1 Å². The third-order valence-corrected chi connectivity index (χ3v) is 7.89. The number of benzene rings is 2. The molecule has 2 amide bonds. The number of ether oxygens (including phenoxy) is 1. The lowest BCUT2D eigenvalue weighted by Gasteiger charge is -2.41. The largest absolute Gasteiger partial charge is 0.483 e. The first kappa shape index (κ1) is 24.3. The Morgan fingerprint density at radius 2 is 1.74 bits per heavy atom. The molecule has 0 unspecified atom stereocenters. The maximum absolute atomic E-state index is 14.1. The maximum atomic E-state index is 14.1. The molecule has 0 spiro atoms. The molecule has 0 atom stereocenters. The van der Waals surface area contributed by atoms with Crippen LogP contribution in [0.5, 0.6) is 5.75 Å². The zero-order valence-corrected chi connectivity index (χ0v) is 20.3. The van der Waals surface area contributed by atoms with Gasteiger partial charge in [0.15, 0.2) is 11.4 Å². The van der Waals surface area contributed by atoms with E-state index in [0.717, 1.165) is 31.2 Å². The van der Waals surface area contributed by atoms with Crippen molar-refractivity contribution in [1.82, 2.24) is 14.8 Å². The van der Waals surface area contributed by atoms with Gasteiger partial charge in [0.25, 0.3) is 11.8 Å². The molecule has 3 aliphatic rings. The van der Waals surface area contributed by atoms with E-state index in [1.807, 2.05) is 35.2 Å². The highest BCUT2D eigenvalue weighted by atomic mass is 19.1. The first-order valence-electron chi connectivity index (χ1n) is 12.5. The van der Waals surface area contributed by atoms with Crippen molar-refractivity contribution in [3.63, 3.8) is 0 Å². The normalized spacial score (nSPS) is 21.3.